The van der Waals surface area contributed by atoms with Gasteiger partial charge in [-0.3, -0.25) is 0 Å². The molecule has 0 amide bonds. The summed E-state index contributed by atoms with van der Waals surface area (Å²) in [5.74, 6) is -1.02. The average molecular weight is 259 g/mol. The maximum Gasteiger partial charge on any atom is 0.338 e. The minimum atomic E-state index is -0.547. The first kappa shape index (κ1) is 12.3. The fourth-order valence-electron chi connectivity index (χ4n) is 1.64. The van der Waals surface area contributed by atoms with E-state index >= 15 is 0 Å². The molecule has 3 nitrogen and oxygen atoms in total. The summed E-state index contributed by atoms with van der Waals surface area (Å²) in [6, 6.07) is 3.80. The van der Waals surface area contributed by atoms with E-state index in [0.29, 0.717) is 26.1 Å². The normalized spacial score (nSPS) is 16.8. The summed E-state index contributed by atoms with van der Waals surface area (Å²) in [5, 5.41) is -0.0774. The Morgan fingerprint density at radius 3 is 2.76 bits per heavy atom. The van der Waals surface area contributed by atoms with Crippen molar-refractivity contribution in [3.05, 3.63) is 34.6 Å². The SMILES string of the molecule is O=C(OC1CCOCC1)c1ccc(F)c(Cl)c1. The molecule has 5 heteroatoms. The number of carbonyl (C=O) groups excluding carboxylic acids is 1. The molecule has 1 heterocycles. The van der Waals surface area contributed by atoms with Gasteiger partial charge in [0.05, 0.1) is 23.8 Å². The third kappa shape index (κ3) is 3.17. The van der Waals surface area contributed by atoms with Gasteiger partial charge in [0.25, 0.3) is 0 Å². The lowest BCUT2D eigenvalue weighted by Crippen LogP contribution is -2.26. The fraction of sp³-hybridized carbons (Fsp3) is 0.417. The summed E-state index contributed by atoms with van der Waals surface area (Å²) in [7, 11) is 0. The highest BCUT2D eigenvalue weighted by molar-refractivity contribution is 6.31. The van der Waals surface area contributed by atoms with Crippen LogP contribution in [-0.4, -0.2) is 25.3 Å². The second kappa shape index (κ2) is 5.47. The standard InChI is InChI=1S/C12H12ClFO3/c13-10-7-8(1-2-11(10)14)12(15)17-9-3-5-16-6-4-9/h1-2,7,9H,3-6H2. The molecule has 0 atom stereocenters. The third-order valence-corrected chi connectivity index (χ3v) is 2.89. The molecule has 1 aromatic carbocycles. The second-order valence-electron chi connectivity index (χ2n) is 3.85. The molecule has 1 saturated heterocycles. The number of hydrogen-bond acceptors (Lipinski definition) is 3. The largest absolute Gasteiger partial charge is 0.459 e. The van der Waals surface area contributed by atoms with Crippen LogP contribution in [0.1, 0.15) is 23.2 Å². The van der Waals surface area contributed by atoms with Gasteiger partial charge in [0, 0.05) is 12.8 Å². The minimum absolute atomic E-state index is 0.0774. The Kier molecular flexibility index (Phi) is 3.97. The molecule has 92 valence electrons. The molecular formula is C12H12ClFO3. The first-order chi connectivity index (χ1) is 8.16. The van der Waals surface area contributed by atoms with Crippen LogP contribution in [0.2, 0.25) is 5.02 Å². The van der Waals surface area contributed by atoms with Gasteiger partial charge in [-0.25, -0.2) is 9.18 Å². The van der Waals surface area contributed by atoms with Crippen LogP contribution in [0.4, 0.5) is 4.39 Å². The first-order valence-corrected chi connectivity index (χ1v) is 5.78. The number of esters is 1. The molecule has 0 aromatic heterocycles. The predicted molar refractivity (Wildman–Crippen MR) is 60.7 cm³/mol. The summed E-state index contributed by atoms with van der Waals surface area (Å²) in [6.45, 7) is 1.20. The van der Waals surface area contributed by atoms with Crippen LogP contribution in [0.3, 0.4) is 0 Å². The number of rotatable bonds is 2. The van der Waals surface area contributed by atoms with E-state index < -0.39 is 11.8 Å². The van der Waals surface area contributed by atoms with Crippen LogP contribution in [0.15, 0.2) is 18.2 Å². The number of halogens is 2. The van der Waals surface area contributed by atoms with Crippen molar-refractivity contribution in [2.24, 2.45) is 0 Å². The van der Waals surface area contributed by atoms with Crippen molar-refractivity contribution < 1.29 is 18.7 Å². The van der Waals surface area contributed by atoms with Crippen LogP contribution in [0.5, 0.6) is 0 Å². The van der Waals surface area contributed by atoms with E-state index in [1.165, 1.54) is 12.1 Å². The summed E-state index contributed by atoms with van der Waals surface area (Å²) in [4.78, 5) is 11.7. The lowest BCUT2D eigenvalue weighted by Gasteiger charge is -2.22. The Hall–Kier alpha value is -1.13. The molecule has 0 spiro atoms. The molecule has 1 aliphatic heterocycles. The van der Waals surface area contributed by atoms with Gasteiger partial charge < -0.3 is 9.47 Å². The molecule has 0 saturated carbocycles. The molecule has 0 unspecified atom stereocenters. The van der Waals surface area contributed by atoms with Crippen molar-refractivity contribution in [3.8, 4) is 0 Å². The fourth-order valence-corrected chi connectivity index (χ4v) is 1.82. The van der Waals surface area contributed by atoms with E-state index in [-0.39, 0.29) is 16.7 Å². The number of carbonyl (C=O) groups is 1. The van der Waals surface area contributed by atoms with Gasteiger partial charge in [-0.15, -0.1) is 0 Å². The summed E-state index contributed by atoms with van der Waals surface area (Å²) in [6.07, 6.45) is 1.27. The number of benzene rings is 1. The molecule has 0 radical (unpaired) electrons. The smallest absolute Gasteiger partial charge is 0.338 e. The van der Waals surface area contributed by atoms with Crippen molar-refractivity contribution >= 4 is 17.6 Å². The van der Waals surface area contributed by atoms with Gasteiger partial charge in [0.1, 0.15) is 11.9 Å². The summed E-state index contributed by atoms with van der Waals surface area (Å²) >= 11 is 5.60. The van der Waals surface area contributed by atoms with Crippen molar-refractivity contribution in [3.63, 3.8) is 0 Å². The van der Waals surface area contributed by atoms with Gasteiger partial charge >= 0.3 is 5.97 Å². The molecule has 1 aromatic rings. The van der Waals surface area contributed by atoms with E-state index in [1.54, 1.807) is 0 Å². The Bertz CT molecular complexity index is 416. The number of hydrogen-bond donors (Lipinski definition) is 0. The summed E-state index contributed by atoms with van der Waals surface area (Å²) in [5.41, 5.74) is 0.267. The van der Waals surface area contributed by atoms with Gasteiger partial charge in [-0.2, -0.15) is 0 Å². The van der Waals surface area contributed by atoms with Crippen LogP contribution < -0.4 is 0 Å². The van der Waals surface area contributed by atoms with E-state index in [9.17, 15) is 9.18 Å². The molecule has 0 bridgehead atoms. The van der Waals surface area contributed by atoms with E-state index in [2.05, 4.69) is 0 Å². The topological polar surface area (TPSA) is 35.5 Å². The molecule has 0 N–H and O–H groups in total. The quantitative estimate of drug-likeness (QED) is 0.765. The van der Waals surface area contributed by atoms with Crippen LogP contribution in [0, 0.1) is 5.82 Å². The molecule has 1 aliphatic rings. The summed E-state index contributed by atoms with van der Waals surface area (Å²) < 4.78 is 23.4. The molecule has 2 rings (SSSR count). The highest BCUT2D eigenvalue weighted by atomic mass is 35.5. The Morgan fingerprint density at radius 1 is 1.41 bits per heavy atom. The Balaban J connectivity index is 2.01. The first-order valence-electron chi connectivity index (χ1n) is 5.40. The Labute approximate surface area is 103 Å². The third-order valence-electron chi connectivity index (χ3n) is 2.60. The van der Waals surface area contributed by atoms with E-state index in [1.807, 2.05) is 0 Å². The molecule has 0 aliphatic carbocycles. The van der Waals surface area contributed by atoms with Crippen LogP contribution >= 0.6 is 11.6 Å². The highest BCUT2D eigenvalue weighted by Crippen LogP contribution is 2.18. The highest BCUT2D eigenvalue weighted by Gasteiger charge is 2.19. The zero-order chi connectivity index (χ0) is 12.3. The van der Waals surface area contributed by atoms with Gasteiger partial charge in [-0.1, -0.05) is 11.6 Å². The maximum absolute atomic E-state index is 12.9. The molecular weight excluding hydrogens is 247 g/mol. The molecule has 17 heavy (non-hydrogen) atoms. The predicted octanol–water partition coefficient (Wildman–Crippen LogP) is 2.81. The van der Waals surface area contributed by atoms with Crippen molar-refractivity contribution in [1.29, 1.82) is 0 Å². The Morgan fingerprint density at radius 2 is 2.12 bits per heavy atom. The maximum atomic E-state index is 12.9. The monoisotopic (exact) mass is 258 g/mol. The zero-order valence-corrected chi connectivity index (χ0v) is 9.87. The van der Waals surface area contributed by atoms with Gasteiger partial charge in [0.2, 0.25) is 0 Å². The van der Waals surface area contributed by atoms with Crippen molar-refractivity contribution in [2.75, 3.05) is 13.2 Å². The van der Waals surface area contributed by atoms with Crippen LogP contribution in [0.25, 0.3) is 0 Å². The minimum Gasteiger partial charge on any atom is -0.459 e. The number of ether oxygens (including phenoxy) is 2. The van der Waals surface area contributed by atoms with Gasteiger partial charge in [0.15, 0.2) is 0 Å². The lowest BCUT2D eigenvalue weighted by molar-refractivity contribution is -0.0159. The molecule has 1 fully saturated rings. The van der Waals surface area contributed by atoms with E-state index in [4.69, 9.17) is 21.1 Å². The average Bonchev–Trinajstić information content (AvgIpc) is 2.34. The van der Waals surface area contributed by atoms with E-state index in [0.717, 1.165) is 6.07 Å². The van der Waals surface area contributed by atoms with Crippen molar-refractivity contribution in [2.45, 2.75) is 18.9 Å². The van der Waals surface area contributed by atoms with Crippen LogP contribution in [-0.2, 0) is 9.47 Å². The second-order valence-corrected chi connectivity index (χ2v) is 4.25. The van der Waals surface area contributed by atoms with Gasteiger partial charge in [-0.05, 0) is 18.2 Å². The lowest BCUT2D eigenvalue weighted by atomic mass is 10.1. The zero-order valence-electron chi connectivity index (χ0n) is 9.12. The van der Waals surface area contributed by atoms with Crippen molar-refractivity contribution in [1.82, 2.24) is 0 Å².